The Bertz CT molecular complexity index is 1400. The molecule has 0 unspecified atom stereocenters. The number of nitrogens with zero attached hydrogens (tertiary/aromatic N) is 4. The normalized spacial score (nSPS) is 15.0. The van der Waals surface area contributed by atoms with E-state index in [1.165, 1.54) is 22.4 Å². The van der Waals surface area contributed by atoms with E-state index in [-0.39, 0.29) is 29.6 Å². The molecule has 0 bridgehead atoms. The van der Waals surface area contributed by atoms with Gasteiger partial charge in [0, 0.05) is 36.4 Å². The maximum absolute atomic E-state index is 12.9. The SMILES string of the molecule is O=C(CSc1ncnc2sc(-c3ccccc3)cc12)N1CCN(S(=O)(=O)c2ccccc2)CC1. The first-order valence-corrected chi connectivity index (χ1v) is 14.0. The van der Waals surface area contributed by atoms with Gasteiger partial charge in [-0.05, 0) is 23.8 Å². The van der Waals surface area contributed by atoms with Crippen LogP contribution in [-0.2, 0) is 14.8 Å². The first-order chi connectivity index (χ1) is 16.5. The first-order valence-electron chi connectivity index (χ1n) is 10.8. The van der Waals surface area contributed by atoms with Crippen molar-refractivity contribution in [2.45, 2.75) is 9.92 Å². The zero-order chi connectivity index (χ0) is 23.5. The molecule has 1 aliphatic heterocycles. The Labute approximate surface area is 206 Å². The van der Waals surface area contributed by atoms with Gasteiger partial charge in [-0.2, -0.15) is 4.31 Å². The highest BCUT2D eigenvalue weighted by atomic mass is 32.2. The molecule has 2 aromatic heterocycles. The number of thiophene rings is 1. The van der Waals surface area contributed by atoms with Crippen LogP contribution in [-0.4, -0.2) is 65.4 Å². The molecule has 1 saturated heterocycles. The monoisotopic (exact) mass is 510 g/mol. The minimum Gasteiger partial charge on any atom is -0.339 e. The van der Waals surface area contributed by atoms with E-state index in [1.807, 2.05) is 18.2 Å². The minimum atomic E-state index is -3.54. The van der Waals surface area contributed by atoms with Crippen LogP contribution >= 0.6 is 23.1 Å². The molecule has 1 amide bonds. The molecule has 3 heterocycles. The predicted molar refractivity (Wildman–Crippen MR) is 135 cm³/mol. The largest absolute Gasteiger partial charge is 0.339 e. The maximum atomic E-state index is 12.9. The van der Waals surface area contributed by atoms with Gasteiger partial charge >= 0.3 is 0 Å². The van der Waals surface area contributed by atoms with Crippen molar-refractivity contribution < 1.29 is 13.2 Å². The van der Waals surface area contributed by atoms with Crippen LogP contribution in [0.3, 0.4) is 0 Å². The molecule has 0 N–H and O–H groups in total. The van der Waals surface area contributed by atoms with E-state index < -0.39 is 10.0 Å². The Morgan fingerprint density at radius 2 is 1.62 bits per heavy atom. The van der Waals surface area contributed by atoms with Crippen molar-refractivity contribution in [2.24, 2.45) is 0 Å². The Morgan fingerprint density at radius 3 is 2.32 bits per heavy atom. The number of fused-ring (bicyclic) bond motifs is 1. The van der Waals surface area contributed by atoms with Crippen LogP contribution in [0.15, 0.2) is 83.0 Å². The van der Waals surface area contributed by atoms with Crippen LogP contribution in [0.5, 0.6) is 0 Å². The van der Waals surface area contributed by atoms with Gasteiger partial charge in [0.25, 0.3) is 0 Å². The van der Waals surface area contributed by atoms with Crippen molar-refractivity contribution in [1.29, 1.82) is 0 Å². The summed E-state index contributed by atoms with van der Waals surface area (Å²) in [5.41, 5.74) is 1.13. The topological polar surface area (TPSA) is 83.5 Å². The standard InChI is InChI=1S/C24H22N4O3S3/c29-22(27-11-13-28(14-12-27)34(30,31)19-9-5-2-6-10-19)16-32-23-20-15-21(18-7-3-1-4-8-18)33-24(20)26-17-25-23/h1-10,15,17H,11-14,16H2. The Morgan fingerprint density at radius 1 is 0.941 bits per heavy atom. The minimum absolute atomic E-state index is 0.0213. The number of amides is 1. The zero-order valence-electron chi connectivity index (χ0n) is 18.2. The summed E-state index contributed by atoms with van der Waals surface area (Å²) in [4.78, 5) is 25.7. The van der Waals surface area contributed by atoms with Crippen LogP contribution in [0.25, 0.3) is 20.7 Å². The second kappa shape index (κ2) is 9.83. The molecule has 10 heteroatoms. The lowest BCUT2D eigenvalue weighted by Crippen LogP contribution is -2.50. The highest BCUT2D eigenvalue weighted by Crippen LogP contribution is 2.36. The van der Waals surface area contributed by atoms with Gasteiger partial charge in [0.1, 0.15) is 16.2 Å². The van der Waals surface area contributed by atoms with Gasteiger partial charge in [0.15, 0.2) is 0 Å². The van der Waals surface area contributed by atoms with Crippen molar-refractivity contribution >= 4 is 49.2 Å². The highest BCUT2D eigenvalue weighted by Gasteiger charge is 2.30. The molecule has 1 fully saturated rings. The van der Waals surface area contributed by atoms with E-state index in [1.54, 1.807) is 46.6 Å². The van der Waals surface area contributed by atoms with Gasteiger partial charge in [-0.3, -0.25) is 4.79 Å². The number of carbonyl (C=O) groups excluding carboxylic acids is 1. The molecule has 1 aliphatic rings. The van der Waals surface area contributed by atoms with Crippen LogP contribution < -0.4 is 0 Å². The number of benzene rings is 2. The summed E-state index contributed by atoms with van der Waals surface area (Å²) in [6.45, 7) is 1.33. The number of thioether (sulfide) groups is 1. The molecular formula is C24H22N4O3S3. The Kier molecular flexibility index (Phi) is 6.64. The van der Waals surface area contributed by atoms with Crippen molar-refractivity contribution in [2.75, 3.05) is 31.9 Å². The van der Waals surface area contributed by atoms with Crippen molar-refractivity contribution in [3.8, 4) is 10.4 Å². The second-order valence-corrected chi connectivity index (χ2v) is 11.7. The van der Waals surface area contributed by atoms with Gasteiger partial charge in [0.05, 0.1) is 10.6 Å². The molecule has 2 aromatic carbocycles. The fourth-order valence-corrected chi connectivity index (χ4v) is 7.22. The van der Waals surface area contributed by atoms with E-state index >= 15 is 0 Å². The number of piperazine rings is 1. The molecule has 7 nitrogen and oxygen atoms in total. The lowest BCUT2D eigenvalue weighted by Gasteiger charge is -2.34. The van der Waals surface area contributed by atoms with E-state index in [2.05, 4.69) is 28.2 Å². The van der Waals surface area contributed by atoms with Gasteiger partial charge in [-0.1, -0.05) is 60.3 Å². The molecule has 34 heavy (non-hydrogen) atoms. The van der Waals surface area contributed by atoms with Crippen LogP contribution in [0.4, 0.5) is 0 Å². The van der Waals surface area contributed by atoms with Crippen LogP contribution in [0, 0.1) is 0 Å². The van der Waals surface area contributed by atoms with Gasteiger partial charge in [0.2, 0.25) is 15.9 Å². The smallest absolute Gasteiger partial charge is 0.243 e. The number of aromatic nitrogens is 2. The number of hydrogen-bond donors (Lipinski definition) is 0. The summed E-state index contributed by atoms with van der Waals surface area (Å²) >= 11 is 3.00. The molecule has 4 aromatic rings. The van der Waals surface area contributed by atoms with Crippen molar-refractivity contribution in [3.05, 3.63) is 73.1 Å². The molecule has 5 rings (SSSR count). The summed E-state index contributed by atoms with van der Waals surface area (Å²) in [6, 6.07) is 20.6. The van der Waals surface area contributed by atoms with E-state index in [0.29, 0.717) is 13.1 Å². The van der Waals surface area contributed by atoms with E-state index in [0.717, 1.165) is 25.7 Å². The van der Waals surface area contributed by atoms with Crippen molar-refractivity contribution in [1.82, 2.24) is 19.2 Å². The number of hydrogen-bond acceptors (Lipinski definition) is 7. The average molecular weight is 511 g/mol. The quantitative estimate of drug-likeness (QED) is 0.288. The summed E-state index contributed by atoms with van der Waals surface area (Å²) in [7, 11) is -3.54. The second-order valence-electron chi connectivity index (χ2n) is 7.76. The van der Waals surface area contributed by atoms with Crippen molar-refractivity contribution in [3.63, 3.8) is 0 Å². The zero-order valence-corrected chi connectivity index (χ0v) is 20.7. The third-order valence-corrected chi connectivity index (χ3v) is 9.65. The number of sulfonamides is 1. The highest BCUT2D eigenvalue weighted by molar-refractivity contribution is 8.00. The molecule has 0 spiro atoms. The first kappa shape index (κ1) is 23.0. The molecule has 0 atom stereocenters. The Hall–Kier alpha value is -2.79. The fraction of sp³-hybridized carbons (Fsp3) is 0.208. The lowest BCUT2D eigenvalue weighted by molar-refractivity contribution is -0.129. The molecule has 0 aliphatic carbocycles. The average Bonchev–Trinajstić information content (AvgIpc) is 3.33. The van der Waals surface area contributed by atoms with Crippen LogP contribution in [0.2, 0.25) is 0 Å². The van der Waals surface area contributed by atoms with Gasteiger partial charge < -0.3 is 4.90 Å². The third-order valence-electron chi connectivity index (χ3n) is 5.66. The van der Waals surface area contributed by atoms with E-state index in [9.17, 15) is 13.2 Å². The lowest BCUT2D eigenvalue weighted by atomic mass is 10.2. The summed E-state index contributed by atoms with van der Waals surface area (Å²) < 4.78 is 27.1. The van der Waals surface area contributed by atoms with E-state index in [4.69, 9.17) is 0 Å². The number of carbonyl (C=O) groups is 1. The molecule has 174 valence electrons. The van der Waals surface area contributed by atoms with Gasteiger partial charge in [-0.25, -0.2) is 18.4 Å². The molecule has 0 radical (unpaired) electrons. The molecule has 0 saturated carbocycles. The maximum Gasteiger partial charge on any atom is 0.243 e. The summed E-state index contributed by atoms with van der Waals surface area (Å²) in [5, 5.41) is 1.73. The summed E-state index contributed by atoms with van der Waals surface area (Å²) in [6.07, 6.45) is 1.54. The molecular weight excluding hydrogens is 488 g/mol. The fourth-order valence-electron chi connectivity index (χ4n) is 3.83. The number of rotatable bonds is 6. The van der Waals surface area contributed by atoms with Crippen LogP contribution in [0.1, 0.15) is 0 Å². The summed E-state index contributed by atoms with van der Waals surface area (Å²) in [5.74, 6) is 0.223. The van der Waals surface area contributed by atoms with Gasteiger partial charge in [-0.15, -0.1) is 11.3 Å². The predicted octanol–water partition coefficient (Wildman–Crippen LogP) is 3.98. The Balaban J connectivity index is 1.22. The third kappa shape index (κ3) is 4.72.